The van der Waals surface area contributed by atoms with Crippen LogP contribution in [0.1, 0.15) is 18.1 Å². The molecule has 0 spiro atoms. The predicted octanol–water partition coefficient (Wildman–Crippen LogP) is 1.80. The molecule has 7 heteroatoms. The number of aryl methyl sites for hydroxylation is 1. The van der Waals surface area contributed by atoms with Crippen LogP contribution < -0.4 is 4.90 Å². The molecule has 0 N–H and O–H groups in total. The van der Waals surface area contributed by atoms with Crippen molar-refractivity contribution in [3.05, 3.63) is 33.4 Å². The summed E-state index contributed by atoms with van der Waals surface area (Å²) in [5.41, 5.74) is 2.17. The molecule has 1 atom stereocenters. The summed E-state index contributed by atoms with van der Waals surface area (Å²) in [6.07, 6.45) is 0.394. The van der Waals surface area contributed by atoms with Gasteiger partial charge in [-0.15, -0.1) is 0 Å². The third kappa shape index (κ3) is 2.69. The van der Waals surface area contributed by atoms with Gasteiger partial charge in [0.15, 0.2) is 0 Å². The van der Waals surface area contributed by atoms with Crippen molar-refractivity contribution in [3.8, 4) is 0 Å². The molecule has 7 nitrogen and oxygen atoms in total. The molecule has 1 aromatic carbocycles. The number of ether oxygens (including phenoxy) is 2. The van der Waals surface area contributed by atoms with Crippen molar-refractivity contribution in [3.63, 3.8) is 0 Å². The Kier molecular flexibility index (Phi) is 4.42. The van der Waals surface area contributed by atoms with Crippen molar-refractivity contribution in [2.24, 2.45) is 0 Å². The second-order valence-electron chi connectivity index (χ2n) is 4.85. The Hall–Kier alpha value is -2.15. The summed E-state index contributed by atoms with van der Waals surface area (Å²) in [7, 11) is 1.49. The summed E-state index contributed by atoms with van der Waals surface area (Å²) in [5.74, 6) is -0.389. The van der Waals surface area contributed by atoms with E-state index < -0.39 is 11.0 Å². The van der Waals surface area contributed by atoms with Gasteiger partial charge >= 0.3 is 5.97 Å². The highest BCUT2D eigenvalue weighted by Gasteiger charge is 2.40. The molecule has 0 saturated heterocycles. The molecule has 21 heavy (non-hydrogen) atoms. The highest BCUT2D eigenvalue weighted by Crippen LogP contribution is 2.41. The van der Waals surface area contributed by atoms with Gasteiger partial charge in [0.25, 0.3) is 5.69 Å². The first kappa shape index (κ1) is 15.2. The molecule has 0 fully saturated rings. The van der Waals surface area contributed by atoms with Gasteiger partial charge < -0.3 is 14.4 Å². The Morgan fingerprint density at radius 3 is 2.81 bits per heavy atom. The quantitative estimate of drug-likeness (QED) is 0.468. The van der Waals surface area contributed by atoms with E-state index >= 15 is 0 Å². The lowest BCUT2D eigenvalue weighted by molar-refractivity contribution is -0.384. The average molecular weight is 294 g/mol. The largest absolute Gasteiger partial charge is 0.464 e. The summed E-state index contributed by atoms with van der Waals surface area (Å²) >= 11 is 0. The standard InChI is InChI=1S/C14H18N2O5/c1-4-21-14(17)12-7-10-9(2)5-6-11(16(18)19)13(10)15(12)8-20-3/h5-6,12H,4,7-8H2,1-3H3. The van der Waals surface area contributed by atoms with Gasteiger partial charge in [0.1, 0.15) is 18.5 Å². The lowest BCUT2D eigenvalue weighted by Crippen LogP contribution is -2.41. The molecule has 0 amide bonds. The van der Waals surface area contributed by atoms with Crippen LogP contribution in [0, 0.1) is 17.0 Å². The number of carbonyl (C=O) groups is 1. The SMILES string of the molecule is CCOC(=O)C1Cc2c(C)ccc([N+](=O)[O-])c2N1COC. The van der Waals surface area contributed by atoms with E-state index in [-0.39, 0.29) is 25.0 Å². The minimum absolute atomic E-state index is 0.0144. The Morgan fingerprint density at radius 2 is 2.24 bits per heavy atom. The third-order valence-electron chi connectivity index (χ3n) is 3.58. The van der Waals surface area contributed by atoms with Crippen LogP contribution in [-0.2, 0) is 20.7 Å². The number of benzene rings is 1. The number of nitro benzene ring substituents is 1. The maximum atomic E-state index is 12.1. The molecular weight excluding hydrogens is 276 g/mol. The van der Waals surface area contributed by atoms with Crippen molar-refractivity contribution in [2.75, 3.05) is 25.3 Å². The van der Waals surface area contributed by atoms with Gasteiger partial charge in [0.2, 0.25) is 0 Å². The number of rotatable bonds is 5. The number of nitrogens with zero attached hydrogens (tertiary/aromatic N) is 2. The summed E-state index contributed by atoms with van der Waals surface area (Å²) < 4.78 is 10.2. The summed E-state index contributed by atoms with van der Waals surface area (Å²) in [4.78, 5) is 24.5. The lowest BCUT2D eigenvalue weighted by atomic mass is 10.0. The van der Waals surface area contributed by atoms with Gasteiger partial charge in [-0.05, 0) is 25.0 Å². The van der Waals surface area contributed by atoms with Crippen LogP contribution in [0.4, 0.5) is 11.4 Å². The minimum atomic E-state index is -0.584. The summed E-state index contributed by atoms with van der Waals surface area (Å²) in [6, 6.07) is 2.58. The molecule has 2 rings (SSSR count). The molecule has 0 aliphatic carbocycles. The van der Waals surface area contributed by atoms with E-state index in [0.29, 0.717) is 12.1 Å². The van der Waals surface area contributed by atoms with Crippen LogP contribution in [0.5, 0.6) is 0 Å². The molecule has 1 heterocycles. The molecular formula is C14H18N2O5. The van der Waals surface area contributed by atoms with Gasteiger partial charge in [-0.25, -0.2) is 4.79 Å². The van der Waals surface area contributed by atoms with Gasteiger partial charge in [-0.1, -0.05) is 6.07 Å². The van der Waals surface area contributed by atoms with Crippen molar-refractivity contribution >= 4 is 17.3 Å². The normalized spacial score (nSPS) is 16.7. The highest BCUT2D eigenvalue weighted by molar-refractivity contribution is 5.87. The molecule has 114 valence electrons. The molecule has 0 bridgehead atoms. The highest BCUT2D eigenvalue weighted by atomic mass is 16.6. The van der Waals surface area contributed by atoms with Crippen LogP contribution >= 0.6 is 0 Å². The Labute approximate surface area is 122 Å². The van der Waals surface area contributed by atoms with Crippen molar-refractivity contribution in [1.29, 1.82) is 0 Å². The first-order valence-corrected chi connectivity index (χ1v) is 6.70. The van der Waals surface area contributed by atoms with Gasteiger partial charge in [0.05, 0.1) is 11.5 Å². The van der Waals surface area contributed by atoms with Crippen LogP contribution in [0.25, 0.3) is 0 Å². The zero-order valence-electron chi connectivity index (χ0n) is 12.3. The van der Waals surface area contributed by atoms with Crippen molar-refractivity contribution in [2.45, 2.75) is 26.3 Å². The van der Waals surface area contributed by atoms with E-state index in [1.807, 2.05) is 6.92 Å². The Morgan fingerprint density at radius 1 is 1.52 bits per heavy atom. The van der Waals surface area contributed by atoms with E-state index in [1.54, 1.807) is 17.9 Å². The van der Waals surface area contributed by atoms with Crippen molar-refractivity contribution in [1.82, 2.24) is 0 Å². The van der Waals surface area contributed by atoms with Crippen LogP contribution in [0.3, 0.4) is 0 Å². The first-order valence-electron chi connectivity index (χ1n) is 6.70. The molecule has 1 aliphatic heterocycles. The van der Waals surface area contributed by atoms with Crippen molar-refractivity contribution < 1.29 is 19.2 Å². The van der Waals surface area contributed by atoms with E-state index in [0.717, 1.165) is 11.1 Å². The molecule has 0 aromatic heterocycles. The summed E-state index contributed by atoms with van der Waals surface area (Å²) in [6.45, 7) is 3.98. The van der Waals surface area contributed by atoms with Gasteiger partial charge in [0, 0.05) is 19.6 Å². The number of methoxy groups -OCH3 is 1. The molecule has 0 saturated carbocycles. The minimum Gasteiger partial charge on any atom is -0.464 e. The van der Waals surface area contributed by atoms with Crippen LogP contribution in [-0.4, -0.2) is 37.4 Å². The summed E-state index contributed by atoms with van der Waals surface area (Å²) in [5, 5.41) is 11.2. The van der Waals surface area contributed by atoms with E-state index in [2.05, 4.69) is 0 Å². The number of hydrogen-bond donors (Lipinski definition) is 0. The first-order chi connectivity index (χ1) is 10.0. The zero-order valence-corrected chi connectivity index (χ0v) is 12.3. The number of hydrogen-bond acceptors (Lipinski definition) is 6. The maximum absolute atomic E-state index is 12.1. The fraction of sp³-hybridized carbons (Fsp3) is 0.500. The van der Waals surface area contributed by atoms with Crippen LogP contribution in [0.2, 0.25) is 0 Å². The predicted molar refractivity (Wildman–Crippen MR) is 76.3 cm³/mol. The Bertz CT molecular complexity index is 573. The average Bonchev–Trinajstić information content (AvgIpc) is 2.80. The number of anilines is 1. The van der Waals surface area contributed by atoms with Crippen LogP contribution in [0.15, 0.2) is 12.1 Å². The molecule has 1 unspecified atom stereocenters. The number of fused-ring (bicyclic) bond motifs is 1. The second kappa shape index (κ2) is 6.09. The lowest BCUT2D eigenvalue weighted by Gasteiger charge is -2.24. The van der Waals surface area contributed by atoms with Gasteiger partial charge in [-0.2, -0.15) is 0 Å². The fourth-order valence-electron chi connectivity index (χ4n) is 2.65. The number of nitro groups is 1. The smallest absolute Gasteiger partial charge is 0.329 e. The second-order valence-corrected chi connectivity index (χ2v) is 4.85. The third-order valence-corrected chi connectivity index (χ3v) is 3.58. The molecule has 1 aliphatic rings. The van der Waals surface area contributed by atoms with E-state index in [1.165, 1.54) is 13.2 Å². The van der Waals surface area contributed by atoms with E-state index in [9.17, 15) is 14.9 Å². The number of esters is 1. The molecule has 0 radical (unpaired) electrons. The van der Waals surface area contributed by atoms with E-state index in [4.69, 9.17) is 9.47 Å². The van der Waals surface area contributed by atoms with Gasteiger partial charge in [-0.3, -0.25) is 10.1 Å². The zero-order chi connectivity index (χ0) is 15.6. The molecule has 1 aromatic rings. The maximum Gasteiger partial charge on any atom is 0.329 e. The monoisotopic (exact) mass is 294 g/mol. The Balaban J connectivity index is 2.50. The topological polar surface area (TPSA) is 81.9 Å². The number of carbonyl (C=O) groups excluding carboxylic acids is 1. The fourth-order valence-corrected chi connectivity index (χ4v) is 2.65.